The Morgan fingerprint density at radius 2 is 2.33 bits per heavy atom. The second-order valence-electron chi connectivity index (χ2n) is 3.35. The number of aromatic nitrogens is 2. The van der Waals surface area contributed by atoms with Crippen molar-refractivity contribution in [2.75, 3.05) is 0 Å². The molecule has 1 heterocycles. The first-order chi connectivity index (χ1) is 7.06. The Morgan fingerprint density at radius 3 is 3.00 bits per heavy atom. The van der Waals surface area contributed by atoms with E-state index < -0.39 is 5.97 Å². The van der Waals surface area contributed by atoms with E-state index in [1.54, 1.807) is 12.1 Å². The third-order valence-electron chi connectivity index (χ3n) is 2.11. The Morgan fingerprint density at radius 1 is 1.60 bits per heavy atom. The SMILES string of the molecule is Cc1nc2cc(Cl)c(CC(=O)O)cc2[nH]1. The molecule has 0 aliphatic heterocycles. The molecule has 0 saturated carbocycles. The molecule has 2 N–H and O–H groups in total. The van der Waals surface area contributed by atoms with Crippen molar-refractivity contribution in [1.82, 2.24) is 9.97 Å². The topological polar surface area (TPSA) is 66.0 Å². The maximum atomic E-state index is 10.6. The number of hydrogen-bond acceptors (Lipinski definition) is 2. The molecule has 0 fully saturated rings. The number of imidazole rings is 1. The third kappa shape index (κ3) is 1.94. The fraction of sp³-hybridized carbons (Fsp3) is 0.200. The van der Waals surface area contributed by atoms with Crippen LogP contribution in [0.5, 0.6) is 0 Å². The van der Waals surface area contributed by atoms with Gasteiger partial charge in [0, 0.05) is 5.02 Å². The summed E-state index contributed by atoms with van der Waals surface area (Å²) in [6, 6.07) is 3.41. The van der Waals surface area contributed by atoms with Crippen molar-refractivity contribution in [3.8, 4) is 0 Å². The number of nitrogens with zero attached hydrogens (tertiary/aromatic N) is 1. The normalized spacial score (nSPS) is 10.8. The largest absolute Gasteiger partial charge is 0.481 e. The zero-order valence-corrected chi connectivity index (χ0v) is 8.80. The number of H-pyrrole nitrogens is 1. The number of rotatable bonds is 2. The van der Waals surface area contributed by atoms with Crippen molar-refractivity contribution in [3.05, 3.63) is 28.5 Å². The van der Waals surface area contributed by atoms with Gasteiger partial charge in [0.25, 0.3) is 0 Å². The highest BCUT2D eigenvalue weighted by Gasteiger charge is 2.09. The van der Waals surface area contributed by atoms with Crippen molar-refractivity contribution in [3.63, 3.8) is 0 Å². The van der Waals surface area contributed by atoms with Crippen molar-refractivity contribution in [2.45, 2.75) is 13.3 Å². The number of aromatic amines is 1. The van der Waals surface area contributed by atoms with Crippen LogP contribution in [0.3, 0.4) is 0 Å². The summed E-state index contributed by atoms with van der Waals surface area (Å²) in [7, 11) is 0. The third-order valence-corrected chi connectivity index (χ3v) is 2.46. The zero-order chi connectivity index (χ0) is 11.0. The van der Waals surface area contributed by atoms with E-state index in [4.69, 9.17) is 16.7 Å². The molecule has 4 nitrogen and oxygen atoms in total. The Bertz CT molecular complexity index is 533. The Balaban J connectivity index is 2.55. The molecule has 0 spiro atoms. The van der Waals surface area contributed by atoms with Crippen LogP contribution in [0.25, 0.3) is 11.0 Å². The highest BCUT2D eigenvalue weighted by Crippen LogP contribution is 2.23. The van der Waals surface area contributed by atoms with Crippen molar-refractivity contribution < 1.29 is 9.90 Å². The Kier molecular flexibility index (Phi) is 2.36. The molecule has 0 aliphatic rings. The average Bonchev–Trinajstić information content (AvgIpc) is 2.44. The van der Waals surface area contributed by atoms with Crippen LogP contribution in [0, 0.1) is 6.92 Å². The second kappa shape index (κ2) is 3.55. The number of halogens is 1. The molecule has 0 atom stereocenters. The van der Waals surface area contributed by atoms with E-state index in [-0.39, 0.29) is 6.42 Å². The van der Waals surface area contributed by atoms with Gasteiger partial charge in [0.15, 0.2) is 0 Å². The summed E-state index contributed by atoms with van der Waals surface area (Å²) in [5.74, 6) is -0.110. The highest BCUT2D eigenvalue weighted by atomic mass is 35.5. The van der Waals surface area contributed by atoms with Gasteiger partial charge in [0.2, 0.25) is 0 Å². The van der Waals surface area contributed by atoms with Gasteiger partial charge < -0.3 is 10.1 Å². The predicted molar refractivity (Wildman–Crippen MR) is 57.2 cm³/mol. The van der Waals surface area contributed by atoms with Gasteiger partial charge in [-0.05, 0) is 24.6 Å². The van der Waals surface area contributed by atoms with Crippen LogP contribution >= 0.6 is 11.6 Å². The maximum Gasteiger partial charge on any atom is 0.307 e. The quantitative estimate of drug-likeness (QED) is 0.822. The van der Waals surface area contributed by atoms with E-state index in [1.807, 2.05) is 6.92 Å². The molecule has 0 amide bonds. The molecule has 0 unspecified atom stereocenters. The number of benzene rings is 1. The van der Waals surface area contributed by atoms with Crippen molar-refractivity contribution in [1.29, 1.82) is 0 Å². The monoisotopic (exact) mass is 224 g/mol. The fourth-order valence-corrected chi connectivity index (χ4v) is 1.73. The van der Waals surface area contributed by atoms with Crippen LogP contribution in [-0.2, 0) is 11.2 Å². The first kappa shape index (κ1) is 9.98. The van der Waals surface area contributed by atoms with Crippen LogP contribution in [0.15, 0.2) is 12.1 Å². The zero-order valence-electron chi connectivity index (χ0n) is 8.04. The summed E-state index contributed by atoms with van der Waals surface area (Å²) in [6.45, 7) is 1.84. The molecule has 1 aromatic heterocycles. The minimum atomic E-state index is -0.896. The number of fused-ring (bicyclic) bond motifs is 1. The maximum absolute atomic E-state index is 10.6. The Hall–Kier alpha value is -1.55. The lowest BCUT2D eigenvalue weighted by atomic mass is 10.1. The highest BCUT2D eigenvalue weighted by molar-refractivity contribution is 6.32. The smallest absolute Gasteiger partial charge is 0.307 e. The van der Waals surface area contributed by atoms with Gasteiger partial charge in [-0.25, -0.2) is 4.98 Å². The van der Waals surface area contributed by atoms with Crippen molar-refractivity contribution in [2.24, 2.45) is 0 Å². The number of aliphatic carboxylic acids is 1. The summed E-state index contributed by atoms with van der Waals surface area (Å²) in [5, 5.41) is 9.13. The van der Waals surface area contributed by atoms with E-state index in [2.05, 4.69) is 9.97 Å². The molecule has 5 heteroatoms. The summed E-state index contributed by atoms with van der Waals surface area (Å²) < 4.78 is 0. The number of carbonyl (C=O) groups is 1. The molecule has 0 saturated heterocycles. The minimum Gasteiger partial charge on any atom is -0.481 e. The molecule has 2 rings (SSSR count). The van der Waals surface area contributed by atoms with Gasteiger partial charge in [-0.2, -0.15) is 0 Å². The fourth-order valence-electron chi connectivity index (χ4n) is 1.50. The predicted octanol–water partition coefficient (Wildman–Crippen LogP) is 2.15. The Labute approximate surface area is 90.9 Å². The van der Waals surface area contributed by atoms with Gasteiger partial charge in [-0.3, -0.25) is 4.79 Å². The average molecular weight is 225 g/mol. The number of nitrogens with one attached hydrogen (secondary N) is 1. The van der Waals surface area contributed by atoms with Crippen LogP contribution in [0.2, 0.25) is 5.02 Å². The van der Waals surface area contributed by atoms with Gasteiger partial charge in [-0.15, -0.1) is 0 Å². The van der Waals surface area contributed by atoms with E-state index in [1.165, 1.54) is 0 Å². The number of carboxylic acids is 1. The van der Waals surface area contributed by atoms with E-state index in [0.717, 1.165) is 16.9 Å². The van der Waals surface area contributed by atoms with E-state index >= 15 is 0 Å². The molecular weight excluding hydrogens is 216 g/mol. The second-order valence-corrected chi connectivity index (χ2v) is 3.76. The number of aryl methyl sites for hydroxylation is 1. The summed E-state index contributed by atoms with van der Waals surface area (Å²) >= 11 is 5.94. The minimum absolute atomic E-state index is 0.0765. The molecule has 15 heavy (non-hydrogen) atoms. The van der Waals surface area contributed by atoms with Crippen LogP contribution in [-0.4, -0.2) is 21.0 Å². The lowest BCUT2D eigenvalue weighted by Crippen LogP contribution is -2.00. The van der Waals surface area contributed by atoms with Gasteiger partial charge in [-0.1, -0.05) is 11.6 Å². The van der Waals surface area contributed by atoms with Gasteiger partial charge >= 0.3 is 5.97 Å². The molecule has 1 aromatic carbocycles. The molecule has 0 radical (unpaired) electrons. The molecular formula is C10H9ClN2O2. The molecule has 0 bridgehead atoms. The van der Waals surface area contributed by atoms with E-state index in [9.17, 15) is 4.79 Å². The number of carboxylic acid groups (broad SMARTS) is 1. The van der Waals surface area contributed by atoms with Crippen LogP contribution < -0.4 is 0 Å². The van der Waals surface area contributed by atoms with Gasteiger partial charge in [0.05, 0.1) is 17.5 Å². The lowest BCUT2D eigenvalue weighted by Gasteiger charge is -2.00. The standard InChI is InChI=1S/C10H9ClN2O2/c1-5-12-8-2-6(3-10(14)15)7(11)4-9(8)13-5/h2,4H,3H2,1H3,(H,12,13)(H,14,15). The van der Waals surface area contributed by atoms with E-state index in [0.29, 0.717) is 10.6 Å². The van der Waals surface area contributed by atoms with Crippen LogP contribution in [0.1, 0.15) is 11.4 Å². The first-order valence-corrected chi connectivity index (χ1v) is 4.80. The van der Waals surface area contributed by atoms with Crippen molar-refractivity contribution >= 4 is 28.6 Å². The molecule has 0 aliphatic carbocycles. The lowest BCUT2D eigenvalue weighted by molar-refractivity contribution is -0.136. The number of hydrogen-bond donors (Lipinski definition) is 2. The summed E-state index contributed by atoms with van der Waals surface area (Å²) in [5.41, 5.74) is 2.17. The first-order valence-electron chi connectivity index (χ1n) is 4.43. The van der Waals surface area contributed by atoms with Gasteiger partial charge in [0.1, 0.15) is 5.82 Å². The summed E-state index contributed by atoms with van der Waals surface area (Å²) in [6.07, 6.45) is -0.0765. The molecule has 2 aromatic rings. The van der Waals surface area contributed by atoms with Crippen LogP contribution in [0.4, 0.5) is 0 Å². The molecule has 78 valence electrons. The summed E-state index contributed by atoms with van der Waals surface area (Å²) in [4.78, 5) is 17.8.